The summed E-state index contributed by atoms with van der Waals surface area (Å²) in [4.78, 5) is 15.3. The predicted octanol–water partition coefficient (Wildman–Crippen LogP) is 4.30. The van der Waals surface area contributed by atoms with Crippen molar-refractivity contribution in [2.24, 2.45) is 0 Å². The number of piperidine rings is 1. The smallest absolute Gasteiger partial charge is 0.139 e. The van der Waals surface area contributed by atoms with Crippen molar-refractivity contribution in [1.82, 2.24) is 15.0 Å². The van der Waals surface area contributed by atoms with Crippen LogP contribution in [-0.2, 0) is 6.42 Å². The third-order valence-electron chi connectivity index (χ3n) is 4.71. The molecule has 0 spiro atoms. The van der Waals surface area contributed by atoms with Crippen LogP contribution in [0.25, 0.3) is 0 Å². The Kier molecular flexibility index (Phi) is 5.67. The second-order valence-corrected chi connectivity index (χ2v) is 7.21. The lowest BCUT2D eigenvalue weighted by atomic mass is 10.1. The normalized spacial score (nSPS) is 14.9. The van der Waals surface area contributed by atoms with E-state index < -0.39 is 0 Å². The van der Waals surface area contributed by atoms with Crippen molar-refractivity contribution >= 4 is 17.4 Å². The van der Waals surface area contributed by atoms with Crippen LogP contribution in [0.5, 0.6) is 5.75 Å². The Hall–Kier alpha value is -2.73. The number of hydrogen-bond acceptors (Lipinski definition) is 5. The van der Waals surface area contributed by atoms with Gasteiger partial charge in [0.2, 0.25) is 0 Å². The first-order valence-electron chi connectivity index (χ1n) is 9.24. The molecule has 3 heterocycles. The first-order chi connectivity index (χ1) is 13.7. The molecule has 7 heteroatoms. The second-order valence-electron chi connectivity index (χ2n) is 6.78. The quantitative estimate of drug-likeness (QED) is 0.641. The molecule has 0 N–H and O–H groups in total. The maximum Gasteiger partial charge on any atom is 0.139 e. The van der Waals surface area contributed by atoms with Crippen LogP contribution < -0.4 is 9.64 Å². The number of benzene rings is 1. The molecule has 0 radical (unpaired) electrons. The number of anilines is 1. The highest BCUT2D eigenvalue weighted by Gasteiger charge is 2.22. The van der Waals surface area contributed by atoms with Gasteiger partial charge in [-0.25, -0.2) is 14.4 Å². The zero-order chi connectivity index (χ0) is 19.3. The molecule has 1 saturated heterocycles. The van der Waals surface area contributed by atoms with Gasteiger partial charge < -0.3 is 9.64 Å². The molecule has 5 nitrogen and oxygen atoms in total. The highest BCUT2D eigenvalue weighted by molar-refractivity contribution is 6.30. The Labute approximate surface area is 168 Å². The lowest BCUT2D eigenvalue weighted by molar-refractivity contribution is 0.170. The fourth-order valence-electron chi connectivity index (χ4n) is 3.29. The van der Waals surface area contributed by atoms with Gasteiger partial charge in [-0.1, -0.05) is 23.7 Å². The number of pyridine rings is 1. The van der Waals surface area contributed by atoms with Crippen molar-refractivity contribution in [3.05, 3.63) is 77.2 Å². The number of nitrogens with zero attached hydrogens (tertiary/aromatic N) is 4. The molecule has 0 bridgehead atoms. The Morgan fingerprint density at radius 3 is 2.64 bits per heavy atom. The number of halogens is 2. The molecule has 28 heavy (non-hydrogen) atoms. The Bertz CT molecular complexity index is 930. The van der Waals surface area contributed by atoms with Crippen molar-refractivity contribution in [2.45, 2.75) is 25.4 Å². The van der Waals surface area contributed by atoms with Gasteiger partial charge >= 0.3 is 0 Å². The van der Waals surface area contributed by atoms with Gasteiger partial charge in [-0.3, -0.25) is 4.98 Å². The zero-order valence-electron chi connectivity index (χ0n) is 15.3. The summed E-state index contributed by atoms with van der Waals surface area (Å²) in [5.41, 5.74) is 0.987. The van der Waals surface area contributed by atoms with Crippen LogP contribution in [0, 0.1) is 5.82 Å². The minimum atomic E-state index is -0.239. The van der Waals surface area contributed by atoms with E-state index in [1.807, 2.05) is 6.07 Å². The summed E-state index contributed by atoms with van der Waals surface area (Å²) in [5.74, 6) is 2.11. The third-order valence-corrected chi connectivity index (χ3v) is 4.92. The molecular weight excluding hydrogens is 379 g/mol. The lowest BCUT2D eigenvalue weighted by Crippen LogP contribution is -2.38. The summed E-state index contributed by atoms with van der Waals surface area (Å²) in [6, 6.07) is 10.2. The minimum Gasteiger partial charge on any atom is -0.489 e. The van der Waals surface area contributed by atoms with Gasteiger partial charge in [0.05, 0.1) is 11.2 Å². The molecule has 0 saturated carbocycles. The average molecular weight is 399 g/mol. The summed E-state index contributed by atoms with van der Waals surface area (Å²) >= 11 is 5.96. The van der Waals surface area contributed by atoms with Gasteiger partial charge in [-0.05, 0) is 23.8 Å². The molecule has 4 rings (SSSR count). The molecule has 1 aliphatic heterocycles. The first-order valence-corrected chi connectivity index (χ1v) is 9.62. The highest BCUT2D eigenvalue weighted by Crippen LogP contribution is 2.23. The van der Waals surface area contributed by atoms with Crippen LogP contribution in [0.3, 0.4) is 0 Å². The van der Waals surface area contributed by atoms with E-state index in [-0.39, 0.29) is 11.9 Å². The van der Waals surface area contributed by atoms with Crippen LogP contribution in [-0.4, -0.2) is 34.1 Å². The van der Waals surface area contributed by atoms with E-state index in [9.17, 15) is 4.39 Å². The largest absolute Gasteiger partial charge is 0.489 e. The van der Waals surface area contributed by atoms with E-state index >= 15 is 0 Å². The van der Waals surface area contributed by atoms with Crippen molar-refractivity contribution < 1.29 is 9.13 Å². The maximum atomic E-state index is 13.1. The first kappa shape index (κ1) is 18.6. The molecule has 0 aliphatic carbocycles. The summed E-state index contributed by atoms with van der Waals surface area (Å²) in [6.07, 6.45) is 7.56. The Balaban J connectivity index is 1.36. The average Bonchev–Trinajstić information content (AvgIpc) is 2.71. The molecule has 0 unspecified atom stereocenters. The molecule has 1 fully saturated rings. The van der Waals surface area contributed by atoms with Crippen molar-refractivity contribution in [1.29, 1.82) is 0 Å². The lowest BCUT2D eigenvalue weighted by Gasteiger charge is -2.33. The van der Waals surface area contributed by atoms with Crippen LogP contribution in [0.2, 0.25) is 5.02 Å². The second kappa shape index (κ2) is 8.52. The van der Waals surface area contributed by atoms with E-state index in [1.165, 1.54) is 12.1 Å². The summed E-state index contributed by atoms with van der Waals surface area (Å²) in [7, 11) is 0. The van der Waals surface area contributed by atoms with Crippen LogP contribution in [0.15, 0.2) is 55.0 Å². The van der Waals surface area contributed by atoms with E-state index in [2.05, 4.69) is 19.9 Å². The van der Waals surface area contributed by atoms with E-state index in [0.717, 1.165) is 43.1 Å². The molecule has 1 aliphatic rings. The number of hydrogen-bond donors (Lipinski definition) is 0. The monoisotopic (exact) mass is 398 g/mol. The van der Waals surface area contributed by atoms with E-state index in [4.69, 9.17) is 16.3 Å². The molecule has 0 atom stereocenters. The topological polar surface area (TPSA) is 51.1 Å². The number of aromatic nitrogens is 3. The predicted molar refractivity (Wildman–Crippen MR) is 106 cm³/mol. The molecule has 144 valence electrons. The Morgan fingerprint density at radius 1 is 1.11 bits per heavy atom. The molecule has 0 amide bonds. The van der Waals surface area contributed by atoms with Gasteiger partial charge in [0.15, 0.2) is 0 Å². The van der Waals surface area contributed by atoms with Gasteiger partial charge in [0.25, 0.3) is 0 Å². The summed E-state index contributed by atoms with van der Waals surface area (Å²) < 4.78 is 19.1. The fraction of sp³-hybridized carbons (Fsp3) is 0.286. The number of ether oxygens (including phenoxy) is 1. The van der Waals surface area contributed by atoms with Gasteiger partial charge in [-0.2, -0.15) is 0 Å². The highest BCUT2D eigenvalue weighted by atomic mass is 35.5. The number of rotatable bonds is 5. The molecule has 2 aromatic heterocycles. The maximum absolute atomic E-state index is 13.1. The van der Waals surface area contributed by atoms with Gasteiger partial charge in [0.1, 0.15) is 29.3 Å². The molecular formula is C21H20ClFN4O. The van der Waals surface area contributed by atoms with Crippen molar-refractivity contribution in [3.8, 4) is 5.75 Å². The summed E-state index contributed by atoms with van der Waals surface area (Å²) in [6.45, 7) is 1.71. The zero-order valence-corrected chi connectivity index (χ0v) is 16.0. The van der Waals surface area contributed by atoms with E-state index in [0.29, 0.717) is 17.2 Å². The van der Waals surface area contributed by atoms with Crippen LogP contribution in [0.1, 0.15) is 24.2 Å². The standard InChI is InChI=1S/C21H20ClFN4O/c22-16-12-19(14-24-13-16)28-18-6-9-27(10-7-18)21-5-8-25-20(26-21)11-15-1-3-17(23)4-2-15/h1-5,8,12-14,18H,6-7,9-11H2. The molecule has 3 aromatic rings. The van der Waals surface area contributed by atoms with Crippen molar-refractivity contribution in [2.75, 3.05) is 18.0 Å². The fourth-order valence-corrected chi connectivity index (χ4v) is 3.45. The van der Waals surface area contributed by atoms with Crippen LogP contribution >= 0.6 is 11.6 Å². The van der Waals surface area contributed by atoms with Crippen LogP contribution in [0.4, 0.5) is 10.2 Å². The van der Waals surface area contributed by atoms with Gasteiger partial charge in [0, 0.05) is 50.8 Å². The third kappa shape index (κ3) is 4.75. The molecule has 1 aromatic carbocycles. The van der Waals surface area contributed by atoms with Crippen molar-refractivity contribution in [3.63, 3.8) is 0 Å². The van der Waals surface area contributed by atoms with E-state index in [1.54, 1.807) is 36.8 Å². The Morgan fingerprint density at radius 2 is 1.89 bits per heavy atom. The minimum absolute atomic E-state index is 0.136. The van der Waals surface area contributed by atoms with Gasteiger partial charge in [-0.15, -0.1) is 0 Å². The SMILES string of the molecule is Fc1ccc(Cc2nccc(N3CCC(Oc4cncc(Cl)c4)CC3)n2)cc1. The summed E-state index contributed by atoms with van der Waals surface area (Å²) in [5, 5.41) is 0.574.